The van der Waals surface area contributed by atoms with Gasteiger partial charge in [-0.3, -0.25) is 4.79 Å². The van der Waals surface area contributed by atoms with Gasteiger partial charge in [0.15, 0.2) is 0 Å². The van der Waals surface area contributed by atoms with Gasteiger partial charge >= 0.3 is 0 Å². The summed E-state index contributed by atoms with van der Waals surface area (Å²) in [5, 5.41) is 19.8. The summed E-state index contributed by atoms with van der Waals surface area (Å²) in [5.74, 6) is 1.28. The van der Waals surface area contributed by atoms with E-state index in [0.29, 0.717) is 22.7 Å². The third kappa shape index (κ3) is 3.27. The van der Waals surface area contributed by atoms with E-state index in [4.69, 9.17) is 4.74 Å². The molecule has 4 rings (SSSR count). The van der Waals surface area contributed by atoms with E-state index in [0.717, 1.165) is 37.1 Å². The Kier molecular flexibility index (Phi) is 5.16. The zero-order chi connectivity index (χ0) is 21.3. The number of hydrogen-bond donors (Lipinski definition) is 0. The summed E-state index contributed by atoms with van der Waals surface area (Å²) in [6.07, 6.45) is 1.87. The van der Waals surface area contributed by atoms with Crippen molar-refractivity contribution in [3.8, 4) is 17.9 Å². The number of ether oxygens (including phenoxy) is 1. The molecule has 0 N–H and O–H groups in total. The quantitative estimate of drug-likeness (QED) is 0.672. The van der Waals surface area contributed by atoms with Gasteiger partial charge < -0.3 is 14.2 Å². The number of aryl methyl sites for hydroxylation is 1. The molecule has 150 valence electrons. The van der Waals surface area contributed by atoms with Gasteiger partial charge in [0.05, 0.1) is 29.9 Å². The Morgan fingerprint density at radius 3 is 2.33 bits per heavy atom. The van der Waals surface area contributed by atoms with E-state index in [1.165, 1.54) is 10.1 Å². The number of pyridine rings is 1. The molecule has 6 nitrogen and oxygen atoms in total. The van der Waals surface area contributed by atoms with Crippen molar-refractivity contribution in [1.29, 1.82) is 10.5 Å². The zero-order valence-electron chi connectivity index (χ0n) is 17.1. The Balaban J connectivity index is 1.70. The van der Waals surface area contributed by atoms with E-state index in [-0.39, 0.29) is 11.1 Å². The van der Waals surface area contributed by atoms with Crippen molar-refractivity contribution in [3.05, 3.63) is 69.5 Å². The molecule has 1 aliphatic heterocycles. The minimum absolute atomic E-state index is 0.164. The fourth-order valence-corrected chi connectivity index (χ4v) is 4.33. The molecule has 30 heavy (non-hydrogen) atoms. The largest absolute Gasteiger partial charge is 0.497 e. The summed E-state index contributed by atoms with van der Waals surface area (Å²) in [7, 11) is 3.31. The van der Waals surface area contributed by atoms with E-state index in [1.54, 1.807) is 26.3 Å². The maximum atomic E-state index is 12.8. The minimum atomic E-state index is -0.327. The standard InChI is InChI=1S/C24H22N4O2/c1-27-22-13-16(14-25)3-8-20(22)23(21(15-26)24(27)29)28-11-9-18(10-12-28)17-4-6-19(30-2)7-5-17/h3-8,13,18H,9-12H2,1-2H3. The highest BCUT2D eigenvalue weighted by Gasteiger charge is 2.26. The van der Waals surface area contributed by atoms with Crippen LogP contribution in [-0.2, 0) is 7.05 Å². The molecule has 1 aromatic heterocycles. The molecule has 0 saturated carbocycles. The summed E-state index contributed by atoms with van der Waals surface area (Å²) >= 11 is 0. The highest BCUT2D eigenvalue weighted by Crippen LogP contribution is 2.35. The number of nitrogens with zero attached hydrogens (tertiary/aromatic N) is 4. The molecule has 0 atom stereocenters. The number of methoxy groups -OCH3 is 1. The van der Waals surface area contributed by atoms with Crippen LogP contribution in [0, 0.1) is 22.7 Å². The number of anilines is 1. The third-order valence-corrected chi connectivity index (χ3v) is 6.01. The maximum absolute atomic E-state index is 12.8. The highest BCUT2D eigenvalue weighted by molar-refractivity contribution is 5.95. The summed E-state index contributed by atoms with van der Waals surface area (Å²) in [5.41, 5.74) is 2.97. The number of hydrogen-bond acceptors (Lipinski definition) is 5. The molecule has 0 unspecified atom stereocenters. The number of piperidine rings is 1. The lowest BCUT2D eigenvalue weighted by molar-refractivity contribution is 0.414. The molecule has 1 fully saturated rings. The molecule has 0 spiro atoms. The van der Waals surface area contributed by atoms with Crippen molar-refractivity contribution in [2.24, 2.45) is 7.05 Å². The number of fused-ring (bicyclic) bond motifs is 1. The number of nitriles is 2. The van der Waals surface area contributed by atoms with E-state index in [1.807, 2.05) is 18.2 Å². The molecule has 0 amide bonds. The smallest absolute Gasteiger partial charge is 0.270 e. The van der Waals surface area contributed by atoms with Crippen LogP contribution in [0.5, 0.6) is 5.75 Å². The molecule has 0 bridgehead atoms. The van der Waals surface area contributed by atoms with Crippen LogP contribution in [0.2, 0.25) is 0 Å². The summed E-state index contributed by atoms with van der Waals surface area (Å²) in [4.78, 5) is 15.0. The molecular formula is C24H22N4O2. The normalized spacial score (nSPS) is 14.3. The van der Waals surface area contributed by atoms with Gasteiger partial charge in [-0.2, -0.15) is 10.5 Å². The Morgan fingerprint density at radius 1 is 1.03 bits per heavy atom. The predicted octanol–water partition coefficient (Wildman–Crippen LogP) is 3.67. The van der Waals surface area contributed by atoms with Gasteiger partial charge in [0.2, 0.25) is 0 Å². The van der Waals surface area contributed by atoms with Crippen LogP contribution in [0.1, 0.15) is 35.4 Å². The number of rotatable bonds is 3. The predicted molar refractivity (Wildman–Crippen MR) is 116 cm³/mol. The summed E-state index contributed by atoms with van der Waals surface area (Å²) in [6.45, 7) is 1.52. The zero-order valence-corrected chi connectivity index (χ0v) is 17.1. The van der Waals surface area contributed by atoms with Crippen LogP contribution in [-0.4, -0.2) is 24.8 Å². The lowest BCUT2D eigenvalue weighted by Crippen LogP contribution is -2.35. The summed E-state index contributed by atoms with van der Waals surface area (Å²) < 4.78 is 6.71. The third-order valence-electron chi connectivity index (χ3n) is 6.01. The first-order chi connectivity index (χ1) is 14.6. The lowest BCUT2D eigenvalue weighted by Gasteiger charge is -2.35. The van der Waals surface area contributed by atoms with Gasteiger partial charge in [-0.05, 0) is 54.7 Å². The molecule has 3 aromatic rings. The molecule has 2 heterocycles. The Labute approximate surface area is 175 Å². The van der Waals surface area contributed by atoms with Crippen LogP contribution in [0.25, 0.3) is 10.9 Å². The molecule has 6 heteroatoms. The monoisotopic (exact) mass is 398 g/mol. The van der Waals surface area contributed by atoms with E-state index in [9.17, 15) is 15.3 Å². The molecular weight excluding hydrogens is 376 g/mol. The average Bonchev–Trinajstić information content (AvgIpc) is 2.81. The van der Waals surface area contributed by atoms with Crippen molar-refractivity contribution >= 4 is 16.6 Å². The second-order valence-corrected chi connectivity index (χ2v) is 7.58. The highest BCUT2D eigenvalue weighted by atomic mass is 16.5. The van der Waals surface area contributed by atoms with Gasteiger partial charge in [-0.25, -0.2) is 0 Å². The Morgan fingerprint density at radius 2 is 1.73 bits per heavy atom. The first-order valence-corrected chi connectivity index (χ1v) is 9.93. The fourth-order valence-electron chi connectivity index (χ4n) is 4.33. The van der Waals surface area contributed by atoms with E-state index < -0.39 is 0 Å². The maximum Gasteiger partial charge on any atom is 0.270 e. The van der Waals surface area contributed by atoms with Crippen molar-refractivity contribution in [1.82, 2.24) is 4.57 Å². The van der Waals surface area contributed by atoms with Crippen molar-refractivity contribution in [3.63, 3.8) is 0 Å². The summed E-state index contributed by atoms with van der Waals surface area (Å²) in [6, 6.07) is 17.7. The second kappa shape index (κ2) is 7.93. The van der Waals surface area contributed by atoms with Crippen LogP contribution in [0.3, 0.4) is 0 Å². The van der Waals surface area contributed by atoms with Crippen molar-refractivity contribution in [2.45, 2.75) is 18.8 Å². The average molecular weight is 398 g/mol. The molecule has 1 saturated heterocycles. The van der Waals surface area contributed by atoms with Crippen LogP contribution in [0.15, 0.2) is 47.3 Å². The number of benzene rings is 2. The Bertz CT molecular complexity index is 1240. The second-order valence-electron chi connectivity index (χ2n) is 7.58. The van der Waals surface area contributed by atoms with Gasteiger partial charge in [0, 0.05) is 25.5 Å². The van der Waals surface area contributed by atoms with Crippen LogP contribution in [0.4, 0.5) is 5.69 Å². The fraction of sp³-hybridized carbons (Fsp3) is 0.292. The topological polar surface area (TPSA) is 82.0 Å². The van der Waals surface area contributed by atoms with Gasteiger partial charge in [0.1, 0.15) is 17.4 Å². The first-order valence-electron chi connectivity index (χ1n) is 9.93. The first kappa shape index (κ1) is 19.5. The van der Waals surface area contributed by atoms with E-state index in [2.05, 4.69) is 29.2 Å². The van der Waals surface area contributed by atoms with Gasteiger partial charge in [-0.1, -0.05) is 12.1 Å². The van der Waals surface area contributed by atoms with Crippen LogP contribution >= 0.6 is 0 Å². The van der Waals surface area contributed by atoms with Crippen molar-refractivity contribution in [2.75, 3.05) is 25.1 Å². The number of aromatic nitrogens is 1. The minimum Gasteiger partial charge on any atom is -0.497 e. The molecule has 0 radical (unpaired) electrons. The SMILES string of the molecule is COc1ccc(C2CCN(c3c(C#N)c(=O)n(C)c4cc(C#N)ccc34)CC2)cc1. The Hall–Kier alpha value is -3.77. The molecule has 2 aromatic carbocycles. The van der Waals surface area contributed by atoms with Crippen LogP contribution < -0.4 is 15.2 Å². The van der Waals surface area contributed by atoms with Crippen molar-refractivity contribution < 1.29 is 4.74 Å². The van der Waals surface area contributed by atoms with Gasteiger partial charge in [-0.15, -0.1) is 0 Å². The molecule has 0 aliphatic carbocycles. The van der Waals surface area contributed by atoms with Gasteiger partial charge in [0.25, 0.3) is 5.56 Å². The lowest BCUT2D eigenvalue weighted by atomic mass is 9.89. The molecule has 1 aliphatic rings. The van der Waals surface area contributed by atoms with E-state index >= 15 is 0 Å².